The highest BCUT2D eigenvalue weighted by atomic mass is 16.5. The molecule has 180 valence electrons. The summed E-state index contributed by atoms with van der Waals surface area (Å²) in [7, 11) is 1.60. The molecule has 0 aliphatic carbocycles. The number of methoxy groups -OCH3 is 1. The fourth-order valence-corrected chi connectivity index (χ4v) is 4.21. The zero-order valence-corrected chi connectivity index (χ0v) is 19.2. The highest BCUT2D eigenvalue weighted by Crippen LogP contribution is 2.23. The van der Waals surface area contributed by atoms with Crippen LogP contribution in [0.1, 0.15) is 29.8 Å². The highest BCUT2D eigenvalue weighted by molar-refractivity contribution is 6.04. The molecule has 3 heterocycles. The number of ether oxygens (including phenoxy) is 1. The number of nitrogens with zero attached hydrogens (tertiary/aromatic N) is 3. The van der Waals surface area contributed by atoms with Crippen LogP contribution in [0.3, 0.4) is 0 Å². The molecule has 2 N–H and O–H groups in total. The molecule has 2 aromatic heterocycles. The number of likely N-dealkylation sites (tertiary alicyclic amines) is 1. The van der Waals surface area contributed by atoms with Gasteiger partial charge in [0.2, 0.25) is 5.91 Å². The molecule has 5 rings (SSSR count). The van der Waals surface area contributed by atoms with Gasteiger partial charge in [0.25, 0.3) is 5.91 Å². The Hall–Kier alpha value is -4.34. The van der Waals surface area contributed by atoms with E-state index in [2.05, 4.69) is 15.5 Å². The van der Waals surface area contributed by atoms with Gasteiger partial charge >= 0.3 is 5.76 Å². The number of carbonyl (C=O) groups is 2. The van der Waals surface area contributed by atoms with Gasteiger partial charge in [0.05, 0.1) is 18.3 Å². The molecule has 1 fully saturated rings. The van der Waals surface area contributed by atoms with Gasteiger partial charge in [-0.3, -0.25) is 19.3 Å². The quantitative estimate of drug-likeness (QED) is 0.441. The average Bonchev–Trinajstić information content (AvgIpc) is 3.50. The maximum Gasteiger partial charge on any atom is 0.420 e. The molecule has 0 radical (unpaired) electrons. The summed E-state index contributed by atoms with van der Waals surface area (Å²) in [6.07, 6.45) is 3.05. The van der Waals surface area contributed by atoms with Crippen LogP contribution in [0.2, 0.25) is 0 Å². The molecule has 4 aromatic rings. The first-order valence-corrected chi connectivity index (χ1v) is 11.4. The summed E-state index contributed by atoms with van der Waals surface area (Å²) in [5.41, 5.74) is 2.99. The molecule has 0 atom stereocenters. The van der Waals surface area contributed by atoms with Gasteiger partial charge in [-0.2, -0.15) is 5.10 Å². The van der Waals surface area contributed by atoms with Crippen LogP contribution in [0.5, 0.6) is 5.75 Å². The second-order valence-electron chi connectivity index (χ2n) is 8.43. The average molecular weight is 476 g/mol. The molecule has 0 saturated carbocycles. The molecule has 1 saturated heterocycles. The number of carbonyl (C=O) groups excluding carboxylic acids is 2. The Labute approximate surface area is 200 Å². The SMILES string of the molecule is COc1ccc(-c2cc(C(=O)Nc3ccc4oc(=O)n(CC(=O)N5CCCCC5)c4c3)[nH]n2)cc1. The van der Waals surface area contributed by atoms with Crippen molar-refractivity contribution in [1.29, 1.82) is 0 Å². The number of rotatable bonds is 6. The van der Waals surface area contributed by atoms with Gasteiger partial charge in [-0.05, 0) is 67.8 Å². The van der Waals surface area contributed by atoms with Crippen molar-refractivity contribution < 1.29 is 18.7 Å². The summed E-state index contributed by atoms with van der Waals surface area (Å²) in [4.78, 5) is 39.7. The number of hydrogen-bond acceptors (Lipinski definition) is 6. The van der Waals surface area contributed by atoms with Gasteiger partial charge in [0.15, 0.2) is 5.58 Å². The third-order valence-electron chi connectivity index (χ3n) is 6.14. The van der Waals surface area contributed by atoms with Crippen molar-refractivity contribution in [3.63, 3.8) is 0 Å². The minimum Gasteiger partial charge on any atom is -0.497 e. The van der Waals surface area contributed by atoms with Crippen LogP contribution in [0.4, 0.5) is 5.69 Å². The number of hydrogen-bond donors (Lipinski definition) is 2. The number of amides is 2. The number of piperidine rings is 1. The number of nitrogens with one attached hydrogen (secondary N) is 2. The summed E-state index contributed by atoms with van der Waals surface area (Å²) in [5.74, 6) is -0.384. The fourth-order valence-electron chi connectivity index (χ4n) is 4.21. The Morgan fingerprint density at radius 1 is 1.09 bits per heavy atom. The molecule has 0 unspecified atom stereocenters. The zero-order chi connectivity index (χ0) is 24.4. The predicted octanol–water partition coefficient (Wildman–Crippen LogP) is 3.26. The van der Waals surface area contributed by atoms with Crippen LogP contribution >= 0.6 is 0 Å². The van der Waals surface area contributed by atoms with Gasteiger partial charge in [0, 0.05) is 24.3 Å². The van der Waals surface area contributed by atoms with Crippen LogP contribution < -0.4 is 15.8 Å². The van der Waals surface area contributed by atoms with Gasteiger partial charge < -0.3 is 19.4 Å². The first kappa shape index (κ1) is 22.5. The number of oxazole rings is 1. The largest absolute Gasteiger partial charge is 0.497 e. The van der Waals surface area contributed by atoms with Gasteiger partial charge in [-0.15, -0.1) is 0 Å². The van der Waals surface area contributed by atoms with E-state index in [4.69, 9.17) is 9.15 Å². The van der Waals surface area contributed by atoms with Crippen molar-refractivity contribution in [2.75, 3.05) is 25.5 Å². The summed E-state index contributed by atoms with van der Waals surface area (Å²) in [6, 6.07) is 13.9. The fraction of sp³-hybridized carbons (Fsp3) is 0.280. The minimum atomic E-state index is -0.605. The number of aromatic amines is 1. The predicted molar refractivity (Wildman–Crippen MR) is 129 cm³/mol. The Balaban J connectivity index is 1.33. The van der Waals surface area contributed by atoms with Crippen molar-refractivity contribution in [1.82, 2.24) is 19.7 Å². The third kappa shape index (κ3) is 4.68. The molecule has 10 nitrogen and oxygen atoms in total. The first-order valence-electron chi connectivity index (χ1n) is 11.4. The summed E-state index contributed by atoms with van der Waals surface area (Å²) >= 11 is 0. The van der Waals surface area contributed by atoms with Crippen LogP contribution in [0.25, 0.3) is 22.4 Å². The molecule has 0 bridgehead atoms. The second kappa shape index (κ2) is 9.49. The van der Waals surface area contributed by atoms with E-state index in [1.54, 1.807) is 36.3 Å². The lowest BCUT2D eigenvalue weighted by atomic mass is 10.1. The Morgan fingerprint density at radius 2 is 1.86 bits per heavy atom. The number of anilines is 1. The van der Waals surface area contributed by atoms with E-state index in [-0.39, 0.29) is 18.1 Å². The molecule has 1 aliphatic heterocycles. The van der Waals surface area contributed by atoms with Crippen LogP contribution in [-0.2, 0) is 11.3 Å². The van der Waals surface area contributed by atoms with Gasteiger partial charge in [-0.25, -0.2) is 4.79 Å². The number of fused-ring (bicyclic) bond motifs is 1. The van der Waals surface area contributed by atoms with Crippen molar-refractivity contribution in [2.45, 2.75) is 25.8 Å². The summed E-state index contributed by atoms with van der Waals surface area (Å²) in [6.45, 7) is 1.30. The van der Waals surface area contributed by atoms with E-state index in [1.807, 2.05) is 24.3 Å². The van der Waals surface area contributed by atoms with Crippen LogP contribution in [0.15, 0.2) is 57.7 Å². The first-order chi connectivity index (χ1) is 17.0. The number of benzene rings is 2. The normalized spacial score (nSPS) is 13.7. The van der Waals surface area contributed by atoms with Crippen LogP contribution in [-0.4, -0.2) is 51.7 Å². The molecule has 1 aliphatic rings. The van der Waals surface area contributed by atoms with Gasteiger partial charge in [-0.1, -0.05) is 0 Å². The lowest BCUT2D eigenvalue weighted by Crippen LogP contribution is -2.39. The smallest absolute Gasteiger partial charge is 0.420 e. The van der Waals surface area contributed by atoms with Crippen LogP contribution in [0, 0.1) is 0 Å². The molecule has 2 aromatic carbocycles. The second-order valence-corrected chi connectivity index (χ2v) is 8.43. The van der Waals surface area contributed by atoms with Crippen molar-refractivity contribution in [2.24, 2.45) is 0 Å². The van der Waals surface area contributed by atoms with Crippen molar-refractivity contribution in [3.05, 3.63) is 64.8 Å². The van der Waals surface area contributed by atoms with E-state index in [0.717, 1.165) is 30.6 Å². The number of H-pyrrole nitrogens is 1. The van der Waals surface area contributed by atoms with Crippen molar-refractivity contribution in [3.8, 4) is 17.0 Å². The molecule has 0 spiro atoms. The van der Waals surface area contributed by atoms with E-state index in [0.29, 0.717) is 35.6 Å². The lowest BCUT2D eigenvalue weighted by molar-refractivity contribution is -0.132. The molecule has 2 amide bonds. The molecule has 10 heteroatoms. The summed E-state index contributed by atoms with van der Waals surface area (Å²) in [5, 5.41) is 9.77. The zero-order valence-electron chi connectivity index (χ0n) is 19.2. The lowest BCUT2D eigenvalue weighted by Gasteiger charge is -2.26. The third-order valence-corrected chi connectivity index (χ3v) is 6.14. The van der Waals surface area contributed by atoms with Gasteiger partial charge in [0.1, 0.15) is 18.0 Å². The highest BCUT2D eigenvalue weighted by Gasteiger charge is 2.20. The molecular formula is C25H25N5O5. The number of aromatic nitrogens is 3. The summed E-state index contributed by atoms with van der Waals surface area (Å²) < 4.78 is 11.8. The Bertz CT molecular complexity index is 1430. The maximum absolute atomic E-state index is 12.8. The van der Waals surface area contributed by atoms with E-state index in [1.165, 1.54) is 4.57 Å². The Morgan fingerprint density at radius 3 is 2.60 bits per heavy atom. The molecule has 35 heavy (non-hydrogen) atoms. The molecular weight excluding hydrogens is 450 g/mol. The topological polar surface area (TPSA) is 122 Å². The van der Waals surface area contributed by atoms with E-state index >= 15 is 0 Å². The monoisotopic (exact) mass is 475 g/mol. The van der Waals surface area contributed by atoms with E-state index in [9.17, 15) is 14.4 Å². The standard InChI is InChI=1S/C25H25N5O5/c1-34-18-8-5-16(6-9-18)19-14-20(28-27-19)24(32)26-17-7-10-22-21(13-17)30(25(33)35-22)15-23(31)29-11-3-2-4-12-29/h5-10,13-14H,2-4,11-12,15H2,1H3,(H,26,32)(H,27,28). The Kier molecular flexibility index (Phi) is 6.09. The maximum atomic E-state index is 12.8. The van der Waals surface area contributed by atoms with Crippen molar-refractivity contribution >= 4 is 28.6 Å². The minimum absolute atomic E-state index is 0.102. The van der Waals surface area contributed by atoms with E-state index < -0.39 is 11.7 Å².